The van der Waals surface area contributed by atoms with Gasteiger partial charge in [-0.15, -0.1) is 0 Å². The Hall–Kier alpha value is -0.650. The quantitative estimate of drug-likeness (QED) is 0.646. The van der Waals surface area contributed by atoms with Gasteiger partial charge in [0.2, 0.25) is 0 Å². The van der Waals surface area contributed by atoms with Gasteiger partial charge in [-0.3, -0.25) is 9.69 Å². The molecule has 1 aliphatic rings. The van der Waals surface area contributed by atoms with Crippen LogP contribution in [-0.4, -0.2) is 60.9 Å². The van der Waals surface area contributed by atoms with Gasteiger partial charge in [-0.1, -0.05) is 20.8 Å². The molecular formula is C16H32N2O3. The molecule has 0 aromatic rings. The number of nitrogens with zero attached hydrogens (tertiary/aromatic N) is 1. The van der Waals surface area contributed by atoms with Crippen molar-refractivity contribution in [3.8, 4) is 0 Å². The van der Waals surface area contributed by atoms with Crippen LogP contribution in [0.4, 0.5) is 0 Å². The van der Waals surface area contributed by atoms with Crippen molar-refractivity contribution >= 4 is 5.97 Å². The first-order valence-corrected chi connectivity index (χ1v) is 8.16. The number of carbonyl (C=O) groups is 1. The Morgan fingerprint density at radius 1 is 1.52 bits per heavy atom. The lowest BCUT2D eigenvalue weighted by Crippen LogP contribution is -2.52. The predicted octanol–water partition coefficient (Wildman–Crippen LogP) is 1.97. The van der Waals surface area contributed by atoms with Crippen molar-refractivity contribution in [2.24, 2.45) is 5.92 Å². The zero-order valence-corrected chi connectivity index (χ0v) is 14.0. The van der Waals surface area contributed by atoms with Crippen LogP contribution in [0.15, 0.2) is 0 Å². The molecule has 0 heterocycles. The van der Waals surface area contributed by atoms with Crippen molar-refractivity contribution < 1.29 is 14.6 Å². The van der Waals surface area contributed by atoms with E-state index in [1.165, 1.54) is 0 Å². The first kappa shape index (κ1) is 18.4. The predicted molar refractivity (Wildman–Crippen MR) is 84.6 cm³/mol. The minimum atomic E-state index is -0.733. The van der Waals surface area contributed by atoms with Gasteiger partial charge < -0.3 is 15.2 Å². The molecular weight excluding hydrogens is 268 g/mol. The summed E-state index contributed by atoms with van der Waals surface area (Å²) in [5.74, 6) is -0.125. The van der Waals surface area contributed by atoms with Crippen molar-refractivity contribution in [2.45, 2.75) is 58.0 Å². The second-order valence-corrected chi connectivity index (χ2v) is 6.59. The number of methoxy groups -OCH3 is 1. The first-order chi connectivity index (χ1) is 9.95. The van der Waals surface area contributed by atoms with E-state index in [0.717, 1.165) is 32.5 Å². The first-order valence-electron chi connectivity index (χ1n) is 8.16. The summed E-state index contributed by atoms with van der Waals surface area (Å²) < 4.78 is 5.20. The van der Waals surface area contributed by atoms with E-state index in [2.05, 4.69) is 31.0 Å². The van der Waals surface area contributed by atoms with Crippen LogP contribution in [0, 0.1) is 5.92 Å². The largest absolute Gasteiger partial charge is 0.480 e. The smallest absolute Gasteiger partial charge is 0.323 e. The molecule has 0 amide bonds. The van der Waals surface area contributed by atoms with Crippen LogP contribution in [0.25, 0.3) is 0 Å². The molecule has 0 aromatic heterocycles. The Kier molecular flexibility index (Phi) is 7.63. The molecule has 21 heavy (non-hydrogen) atoms. The topological polar surface area (TPSA) is 61.8 Å². The molecule has 1 fully saturated rings. The highest BCUT2D eigenvalue weighted by Crippen LogP contribution is 2.34. The van der Waals surface area contributed by atoms with Crippen LogP contribution in [0.5, 0.6) is 0 Å². The SMILES string of the molecule is CCCNC1(C(=O)O)CCC(N(CCOC)CC(C)C)C1. The number of aliphatic carboxylic acids is 1. The van der Waals surface area contributed by atoms with Crippen LogP contribution in [-0.2, 0) is 9.53 Å². The molecule has 0 radical (unpaired) electrons. The Balaban J connectivity index is 2.71. The van der Waals surface area contributed by atoms with E-state index in [0.29, 0.717) is 31.4 Å². The summed E-state index contributed by atoms with van der Waals surface area (Å²) in [4.78, 5) is 14.1. The molecule has 0 bridgehead atoms. The Bertz CT molecular complexity index is 323. The molecule has 1 saturated carbocycles. The molecule has 0 saturated heterocycles. The molecule has 124 valence electrons. The van der Waals surface area contributed by atoms with E-state index in [-0.39, 0.29) is 0 Å². The van der Waals surface area contributed by atoms with Crippen molar-refractivity contribution in [2.75, 3.05) is 33.4 Å². The molecule has 0 aromatic carbocycles. The highest BCUT2D eigenvalue weighted by Gasteiger charge is 2.46. The zero-order chi connectivity index (χ0) is 15.9. The van der Waals surface area contributed by atoms with E-state index in [9.17, 15) is 9.90 Å². The van der Waals surface area contributed by atoms with Gasteiger partial charge in [-0.25, -0.2) is 0 Å². The summed E-state index contributed by atoms with van der Waals surface area (Å²) in [5.41, 5.74) is -0.733. The van der Waals surface area contributed by atoms with Gasteiger partial charge in [0.15, 0.2) is 0 Å². The van der Waals surface area contributed by atoms with Crippen molar-refractivity contribution in [3.63, 3.8) is 0 Å². The minimum absolute atomic E-state index is 0.336. The van der Waals surface area contributed by atoms with Crippen LogP contribution >= 0.6 is 0 Å². The second-order valence-electron chi connectivity index (χ2n) is 6.59. The van der Waals surface area contributed by atoms with Gasteiger partial charge in [0.1, 0.15) is 5.54 Å². The fourth-order valence-electron chi connectivity index (χ4n) is 3.23. The minimum Gasteiger partial charge on any atom is -0.480 e. The van der Waals surface area contributed by atoms with Crippen molar-refractivity contribution in [3.05, 3.63) is 0 Å². The molecule has 1 aliphatic carbocycles. The standard InChI is InChI=1S/C16H32N2O3/c1-5-8-17-16(15(19)20)7-6-14(11-16)18(9-10-21-4)12-13(2)3/h13-14,17H,5-12H2,1-4H3,(H,19,20). The number of carboxylic acid groups (broad SMARTS) is 1. The van der Waals surface area contributed by atoms with E-state index < -0.39 is 11.5 Å². The summed E-state index contributed by atoms with van der Waals surface area (Å²) in [7, 11) is 1.71. The number of nitrogens with one attached hydrogen (secondary N) is 1. The summed E-state index contributed by atoms with van der Waals surface area (Å²) in [6.07, 6.45) is 3.31. The fourth-order valence-corrected chi connectivity index (χ4v) is 3.23. The van der Waals surface area contributed by atoms with Gasteiger partial charge in [0, 0.05) is 26.2 Å². The second kappa shape index (κ2) is 8.71. The molecule has 2 unspecified atom stereocenters. The summed E-state index contributed by atoms with van der Waals surface area (Å²) >= 11 is 0. The van der Waals surface area contributed by atoms with Gasteiger partial charge in [0.05, 0.1) is 6.61 Å². The maximum atomic E-state index is 11.7. The molecule has 2 N–H and O–H groups in total. The highest BCUT2D eigenvalue weighted by molar-refractivity contribution is 5.79. The molecule has 2 atom stereocenters. The zero-order valence-electron chi connectivity index (χ0n) is 14.0. The van der Waals surface area contributed by atoms with Crippen LogP contribution in [0.3, 0.4) is 0 Å². The lowest BCUT2D eigenvalue weighted by Gasteiger charge is -2.32. The Morgan fingerprint density at radius 2 is 2.24 bits per heavy atom. The molecule has 0 spiro atoms. The summed E-state index contributed by atoms with van der Waals surface area (Å²) in [6.45, 7) is 9.81. The lowest BCUT2D eigenvalue weighted by molar-refractivity contribution is -0.144. The molecule has 1 rings (SSSR count). The van der Waals surface area contributed by atoms with E-state index >= 15 is 0 Å². The number of rotatable bonds is 10. The number of hydrogen-bond donors (Lipinski definition) is 2. The molecule has 0 aliphatic heterocycles. The lowest BCUT2D eigenvalue weighted by atomic mass is 9.97. The summed E-state index contributed by atoms with van der Waals surface area (Å²) in [5, 5.41) is 12.9. The normalized spacial score (nSPS) is 25.9. The van der Waals surface area contributed by atoms with Gasteiger partial charge in [-0.2, -0.15) is 0 Å². The van der Waals surface area contributed by atoms with Crippen molar-refractivity contribution in [1.82, 2.24) is 10.2 Å². The number of ether oxygens (including phenoxy) is 1. The van der Waals surface area contributed by atoms with Gasteiger partial charge in [0.25, 0.3) is 0 Å². The fraction of sp³-hybridized carbons (Fsp3) is 0.938. The van der Waals surface area contributed by atoms with Crippen LogP contribution in [0.1, 0.15) is 46.5 Å². The third-order valence-electron chi connectivity index (χ3n) is 4.31. The maximum Gasteiger partial charge on any atom is 0.323 e. The van der Waals surface area contributed by atoms with Crippen LogP contribution < -0.4 is 5.32 Å². The monoisotopic (exact) mass is 300 g/mol. The summed E-state index contributed by atoms with van der Waals surface area (Å²) in [6, 6.07) is 0.336. The average molecular weight is 300 g/mol. The third-order valence-corrected chi connectivity index (χ3v) is 4.31. The van der Waals surface area contributed by atoms with Gasteiger partial charge >= 0.3 is 5.97 Å². The average Bonchev–Trinajstić information content (AvgIpc) is 2.86. The maximum absolute atomic E-state index is 11.7. The van der Waals surface area contributed by atoms with Gasteiger partial charge in [-0.05, 0) is 38.1 Å². The Labute approximate surface area is 129 Å². The Morgan fingerprint density at radius 3 is 2.76 bits per heavy atom. The number of hydrogen-bond acceptors (Lipinski definition) is 4. The number of carboxylic acids is 1. The molecule has 5 nitrogen and oxygen atoms in total. The van der Waals surface area contributed by atoms with Crippen LogP contribution in [0.2, 0.25) is 0 Å². The molecule has 5 heteroatoms. The van der Waals surface area contributed by atoms with E-state index in [1.807, 2.05) is 0 Å². The highest BCUT2D eigenvalue weighted by atomic mass is 16.5. The van der Waals surface area contributed by atoms with E-state index in [4.69, 9.17) is 4.74 Å². The third kappa shape index (κ3) is 5.24. The van der Waals surface area contributed by atoms with Crippen molar-refractivity contribution in [1.29, 1.82) is 0 Å². The van der Waals surface area contributed by atoms with E-state index in [1.54, 1.807) is 7.11 Å².